The van der Waals surface area contributed by atoms with Crippen molar-refractivity contribution in [1.29, 1.82) is 0 Å². The summed E-state index contributed by atoms with van der Waals surface area (Å²) >= 11 is 1.69. The molecule has 0 amide bonds. The normalized spacial score (nSPS) is 11.1. The minimum Gasteiger partial charge on any atom is -0.265 e. The van der Waals surface area contributed by atoms with Gasteiger partial charge in [0, 0.05) is 30.4 Å². The summed E-state index contributed by atoms with van der Waals surface area (Å²) in [6, 6.07) is 8.07. The van der Waals surface area contributed by atoms with Crippen molar-refractivity contribution in [3.8, 4) is 22.6 Å². The van der Waals surface area contributed by atoms with Gasteiger partial charge in [0.25, 0.3) is 0 Å². The highest BCUT2D eigenvalue weighted by molar-refractivity contribution is 7.17. The summed E-state index contributed by atoms with van der Waals surface area (Å²) in [4.78, 5) is 13.1. The van der Waals surface area contributed by atoms with E-state index in [1.165, 1.54) is 0 Å². The lowest BCUT2D eigenvalue weighted by Gasteiger charge is -2.02. The lowest BCUT2D eigenvalue weighted by atomic mass is 10.1. The fraction of sp³-hybridized carbons (Fsp3) is 0.0667. The second-order valence-electron chi connectivity index (χ2n) is 4.64. The van der Waals surface area contributed by atoms with Gasteiger partial charge in [0.15, 0.2) is 5.82 Å². The van der Waals surface area contributed by atoms with Crippen molar-refractivity contribution in [2.75, 3.05) is 0 Å². The predicted molar refractivity (Wildman–Crippen MR) is 82.8 cm³/mol. The van der Waals surface area contributed by atoms with Crippen LogP contribution >= 0.6 is 11.3 Å². The van der Waals surface area contributed by atoms with Gasteiger partial charge in [0.1, 0.15) is 12.0 Å². The highest BCUT2D eigenvalue weighted by Crippen LogP contribution is 2.33. The van der Waals surface area contributed by atoms with E-state index in [1.807, 2.05) is 25.2 Å². The topological polar surface area (TPSA) is 56.5 Å². The molecule has 102 valence electrons. The number of rotatable bonds is 2. The maximum Gasteiger partial charge on any atom is 0.176 e. The minimum atomic E-state index is 0.767. The number of thiophene rings is 1. The van der Waals surface area contributed by atoms with Gasteiger partial charge < -0.3 is 0 Å². The van der Waals surface area contributed by atoms with Gasteiger partial charge >= 0.3 is 0 Å². The van der Waals surface area contributed by atoms with E-state index < -0.39 is 0 Å². The zero-order valence-electron chi connectivity index (χ0n) is 11.3. The van der Waals surface area contributed by atoms with Crippen LogP contribution in [0.1, 0.15) is 0 Å². The molecule has 21 heavy (non-hydrogen) atoms. The summed E-state index contributed by atoms with van der Waals surface area (Å²) in [5.74, 6) is 0.767. The van der Waals surface area contributed by atoms with Gasteiger partial charge in [-0.3, -0.25) is 4.98 Å². The molecule has 0 unspecified atom stereocenters. The number of hydrogen-bond acceptors (Lipinski definition) is 5. The summed E-state index contributed by atoms with van der Waals surface area (Å²) in [6.07, 6.45) is 5.13. The average Bonchev–Trinajstić information content (AvgIpc) is 3.13. The molecular formula is C15H11N5S. The van der Waals surface area contributed by atoms with Gasteiger partial charge in [-0.05, 0) is 29.8 Å². The Labute approximate surface area is 124 Å². The van der Waals surface area contributed by atoms with Crippen LogP contribution in [0.2, 0.25) is 0 Å². The Balaban J connectivity index is 1.93. The van der Waals surface area contributed by atoms with Crippen molar-refractivity contribution < 1.29 is 0 Å². The van der Waals surface area contributed by atoms with Crippen LogP contribution < -0.4 is 0 Å². The minimum absolute atomic E-state index is 0.767. The Bertz CT molecular complexity index is 910. The van der Waals surface area contributed by atoms with E-state index in [1.54, 1.807) is 34.7 Å². The monoisotopic (exact) mass is 293 g/mol. The molecule has 4 heterocycles. The average molecular weight is 293 g/mol. The molecule has 4 rings (SSSR count). The van der Waals surface area contributed by atoms with Gasteiger partial charge in [-0.15, -0.1) is 11.3 Å². The third-order valence-corrected chi connectivity index (χ3v) is 4.29. The van der Waals surface area contributed by atoms with Gasteiger partial charge in [-0.1, -0.05) is 0 Å². The van der Waals surface area contributed by atoms with Crippen molar-refractivity contribution in [3.05, 3.63) is 48.4 Å². The number of aromatic nitrogens is 5. The number of fused-ring (bicyclic) bond motifs is 1. The molecule has 0 spiro atoms. The first-order chi connectivity index (χ1) is 10.3. The molecule has 0 fully saturated rings. The van der Waals surface area contributed by atoms with E-state index in [4.69, 9.17) is 4.98 Å². The first-order valence-corrected chi connectivity index (χ1v) is 7.34. The quantitative estimate of drug-likeness (QED) is 0.569. The lowest BCUT2D eigenvalue weighted by molar-refractivity contribution is 0.772. The molecule has 0 saturated heterocycles. The second-order valence-corrected chi connectivity index (χ2v) is 5.55. The summed E-state index contributed by atoms with van der Waals surface area (Å²) in [5.41, 5.74) is 4.07. The van der Waals surface area contributed by atoms with Gasteiger partial charge in [0.05, 0.1) is 10.2 Å². The molecule has 5 nitrogen and oxygen atoms in total. The lowest BCUT2D eigenvalue weighted by Crippen LogP contribution is -1.96. The van der Waals surface area contributed by atoms with E-state index in [0.717, 1.165) is 32.9 Å². The largest absolute Gasteiger partial charge is 0.265 e. The number of aryl methyl sites for hydroxylation is 1. The molecule has 0 N–H and O–H groups in total. The molecule has 6 heteroatoms. The fourth-order valence-electron chi connectivity index (χ4n) is 2.30. The van der Waals surface area contributed by atoms with Crippen LogP contribution in [0, 0.1) is 0 Å². The van der Waals surface area contributed by atoms with Crippen molar-refractivity contribution >= 4 is 21.6 Å². The van der Waals surface area contributed by atoms with Gasteiger partial charge in [-0.2, -0.15) is 5.10 Å². The zero-order chi connectivity index (χ0) is 14.2. The molecule has 4 aromatic heterocycles. The SMILES string of the molecule is Cn1ncnc1-c1ccc2scc(-c3ccncc3)c2n1. The molecular weight excluding hydrogens is 282 g/mol. The van der Waals surface area contributed by atoms with Crippen LogP contribution in [0.25, 0.3) is 32.9 Å². The van der Waals surface area contributed by atoms with Crippen molar-refractivity contribution in [3.63, 3.8) is 0 Å². The van der Waals surface area contributed by atoms with Gasteiger partial charge in [0.2, 0.25) is 0 Å². The Morgan fingerprint density at radius 3 is 2.71 bits per heavy atom. The highest BCUT2D eigenvalue weighted by Gasteiger charge is 2.11. The number of pyridine rings is 2. The second kappa shape index (κ2) is 4.75. The maximum atomic E-state index is 4.78. The summed E-state index contributed by atoms with van der Waals surface area (Å²) in [6.45, 7) is 0. The maximum absolute atomic E-state index is 4.78. The Morgan fingerprint density at radius 2 is 1.95 bits per heavy atom. The van der Waals surface area contributed by atoms with Crippen LogP contribution in [-0.2, 0) is 7.05 Å². The van der Waals surface area contributed by atoms with Crippen molar-refractivity contribution in [2.24, 2.45) is 7.05 Å². The van der Waals surface area contributed by atoms with Gasteiger partial charge in [-0.25, -0.2) is 14.6 Å². The molecule has 4 aromatic rings. The van der Waals surface area contributed by atoms with E-state index in [0.29, 0.717) is 0 Å². The number of nitrogens with zero attached hydrogens (tertiary/aromatic N) is 5. The van der Waals surface area contributed by atoms with Crippen molar-refractivity contribution in [1.82, 2.24) is 24.7 Å². The van der Waals surface area contributed by atoms with Crippen LogP contribution in [-0.4, -0.2) is 24.7 Å². The van der Waals surface area contributed by atoms with Crippen LogP contribution in [0.4, 0.5) is 0 Å². The van der Waals surface area contributed by atoms with Crippen molar-refractivity contribution in [2.45, 2.75) is 0 Å². The van der Waals surface area contributed by atoms with Crippen LogP contribution in [0.3, 0.4) is 0 Å². The number of hydrogen-bond donors (Lipinski definition) is 0. The Morgan fingerprint density at radius 1 is 1.10 bits per heavy atom. The van der Waals surface area contributed by atoms with E-state index >= 15 is 0 Å². The molecule has 0 aromatic carbocycles. The fourth-order valence-corrected chi connectivity index (χ4v) is 3.21. The molecule has 0 bridgehead atoms. The molecule has 0 radical (unpaired) electrons. The molecule has 0 aliphatic carbocycles. The Kier molecular flexibility index (Phi) is 2.75. The first kappa shape index (κ1) is 12.2. The summed E-state index contributed by atoms with van der Waals surface area (Å²) in [7, 11) is 1.87. The van der Waals surface area contributed by atoms with E-state index in [-0.39, 0.29) is 0 Å². The molecule has 0 saturated carbocycles. The first-order valence-electron chi connectivity index (χ1n) is 6.46. The molecule has 0 aliphatic heterocycles. The standard InChI is InChI=1S/C15H11N5S/c1-20-15(17-9-18-20)12-2-3-13-14(19-12)11(8-21-13)10-4-6-16-7-5-10/h2-9H,1H3. The zero-order valence-corrected chi connectivity index (χ0v) is 12.1. The van der Waals surface area contributed by atoms with E-state index in [2.05, 4.69) is 26.5 Å². The van der Waals surface area contributed by atoms with Crippen LogP contribution in [0.5, 0.6) is 0 Å². The molecule has 0 aliphatic rings. The summed E-state index contributed by atoms with van der Waals surface area (Å²) in [5, 5.41) is 6.23. The predicted octanol–water partition coefficient (Wildman–Crippen LogP) is 3.15. The Hall–Kier alpha value is -2.60. The van der Waals surface area contributed by atoms with Crippen LogP contribution in [0.15, 0.2) is 48.4 Å². The smallest absolute Gasteiger partial charge is 0.176 e. The third kappa shape index (κ3) is 2.00. The highest BCUT2D eigenvalue weighted by atomic mass is 32.1. The third-order valence-electron chi connectivity index (χ3n) is 3.35. The molecule has 0 atom stereocenters. The summed E-state index contributed by atoms with van der Waals surface area (Å²) < 4.78 is 2.89. The van der Waals surface area contributed by atoms with E-state index in [9.17, 15) is 0 Å².